The van der Waals surface area contributed by atoms with Crippen molar-refractivity contribution in [3.05, 3.63) is 70.5 Å². The maximum Gasteiger partial charge on any atom is 0.416 e. The number of alkyl halides is 6. The lowest BCUT2D eigenvalue weighted by Crippen LogP contribution is -2.50. The summed E-state index contributed by atoms with van der Waals surface area (Å²) in [5, 5.41) is 9.74. The maximum atomic E-state index is 13.6. The van der Waals surface area contributed by atoms with Gasteiger partial charge in [0.15, 0.2) is 0 Å². The maximum absolute atomic E-state index is 13.6. The van der Waals surface area contributed by atoms with Gasteiger partial charge in [-0.3, -0.25) is 9.59 Å². The Bertz CT molecular complexity index is 1200. The summed E-state index contributed by atoms with van der Waals surface area (Å²) >= 11 is 0. The van der Waals surface area contributed by atoms with Gasteiger partial charge in [-0.25, -0.2) is 4.39 Å². The molecule has 2 aliphatic rings. The van der Waals surface area contributed by atoms with Gasteiger partial charge < -0.3 is 14.7 Å². The second-order valence-corrected chi connectivity index (χ2v) is 10.1. The molecule has 5 nitrogen and oxygen atoms in total. The van der Waals surface area contributed by atoms with Crippen LogP contribution in [0.15, 0.2) is 42.5 Å². The predicted octanol–water partition coefficient (Wildman–Crippen LogP) is 6.19. The van der Waals surface area contributed by atoms with Crippen LogP contribution in [0.5, 0.6) is 0 Å². The zero-order chi connectivity index (χ0) is 28.2. The average Bonchev–Trinajstić information content (AvgIpc) is 3.16. The van der Waals surface area contributed by atoms with Gasteiger partial charge in [0.2, 0.25) is 5.91 Å². The Morgan fingerprint density at radius 3 is 2.11 bits per heavy atom. The molecule has 0 bridgehead atoms. The van der Waals surface area contributed by atoms with Crippen molar-refractivity contribution >= 4 is 11.9 Å². The van der Waals surface area contributed by atoms with Crippen molar-refractivity contribution in [3.8, 4) is 0 Å². The van der Waals surface area contributed by atoms with Gasteiger partial charge in [-0.2, -0.15) is 26.3 Å². The number of ether oxygens (including phenoxy) is 1. The van der Waals surface area contributed by atoms with Crippen LogP contribution >= 0.6 is 0 Å². The molecule has 0 spiro atoms. The van der Waals surface area contributed by atoms with Crippen molar-refractivity contribution in [3.63, 3.8) is 0 Å². The van der Waals surface area contributed by atoms with Crippen molar-refractivity contribution in [1.82, 2.24) is 4.90 Å². The summed E-state index contributed by atoms with van der Waals surface area (Å²) in [6, 6.07) is 5.72. The highest BCUT2D eigenvalue weighted by Crippen LogP contribution is 2.48. The normalized spacial score (nSPS) is 26.8. The Hall–Kier alpha value is -3.15. The minimum absolute atomic E-state index is 0.0266. The summed E-state index contributed by atoms with van der Waals surface area (Å²) in [6.07, 6.45) is -12.5. The first kappa shape index (κ1) is 27.9. The van der Waals surface area contributed by atoms with Crippen molar-refractivity contribution in [1.29, 1.82) is 0 Å². The van der Waals surface area contributed by atoms with E-state index in [0.29, 0.717) is 17.7 Å². The van der Waals surface area contributed by atoms with Crippen LogP contribution in [0.1, 0.15) is 61.0 Å². The van der Waals surface area contributed by atoms with Crippen molar-refractivity contribution < 1.29 is 50.2 Å². The number of carbonyl (C=O) groups excluding carboxylic acids is 1. The average molecular weight is 547 g/mol. The lowest BCUT2D eigenvalue weighted by atomic mass is 9.73. The third kappa shape index (κ3) is 5.36. The third-order valence-corrected chi connectivity index (χ3v) is 7.34. The van der Waals surface area contributed by atoms with Gasteiger partial charge in [-0.1, -0.05) is 12.1 Å². The number of piperidine rings is 1. The molecule has 2 aliphatic heterocycles. The highest BCUT2D eigenvalue weighted by atomic mass is 19.4. The van der Waals surface area contributed by atoms with E-state index in [1.165, 1.54) is 43.0 Å². The van der Waals surface area contributed by atoms with Crippen LogP contribution in [0.25, 0.3) is 0 Å². The minimum Gasteiger partial charge on any atom is -0.481 e. The molecule has 0 saturated carbocycles. The van der Waals surface area contributed by atoms with Crippen LogP contribution in [-0.2, 0) is 26.7 Å². The summed E-state index contributed by atoms with van der Waals surface area (Å²) in [6.45, 7) is 2.68. The fourth-order valence-electron chi connectivity index (χ4n) is 5.34. The quantitative estimate of drug-likeness (QED) is 0.454. The highest BCUT2D eigenvalue weighted by molar-refractivity contribution is 5.87. The molecule has 1 N–H and O–H groups in total. The molecule has 2 heterocycles. The molecular formula is C26H24F7NO4. The number of hydrogen-bond acceptors (Lipinski definition) is 3. The fraction of sp³-hybridized carbons (Fsp3) is 0.462. The third-order valence-electron chi connectivity index (χ3n) is 7.34. The number of benzene rings is 2. The van der Waals surface area contributed by atoms with Crippen LogP contribution < -0.4 is 0 Å². The van der Waals surface area contributed by atoms with Crippen molar-refractivity contribution in [2.75, 3.05) is 6.54 Å². The molecular weight excluding hydrogens is 523 g/mol. The van der Waals surface area contributed by atoms with E-state index in [0.717, 1.165) is 0 Å². The molecule has 38 heavy (non-hydrogen) atoms. The van der Waals surface area contributed by atoms with E-state index in [4.69, 9.17) is 4.74 Å². The smallest absolute Gasteiger partial charge is 0.416 e. The molecule has 206 valence electrons. The summed E-state index contributed by atoms with van der Waals surface area (Å²) in [5.41, 5.74) is -4.22. The van der Waals surface area contributed by atoms with Crippen molar-refractivity contribution in [2.45, 2.75) is 63.2 Å². The summed E-state index contributed by atoms with van der Waals surface area (Å²) < 4.78 is 99.9. The number of carbonyl (C=O) groups is 2. The van der Waals surface area contributed by atoms with Gasteiger partial charge in [-0.15, -0.1) is 0 Å². The largest absolute Gasteiger partial charge is 0.481 e. The number of nitrogens with zero attached hydrogens (tertiary/aromatic N) is 1. The van der Waals surface area contributed by atoms with Gasteiger partial charge in [0.25, 0.3) is 0 Å². The molecule has 4 rings (SSSR count). The first-order valence-corrected chi connectivity index (χ1v) is 11.7. The molecule has 12 heteroatoms. The van der Waals surface area contributed by atoms with E-state index in [2.05, 4.69) is 0 Å². The molecule has 3 unspecified atom stereocenters. The number of amides is 1. The number of rotatable bonds is 5. The predicted molar refractivity (Wildman–Crippen MR) is 119 cm³/mol. The molecule has 1 amide bonds. The Morgan fingerprint density at radius 2 is 1.61 bits per heavy atom. The van der Waals surface area contributed by atoms with Crippen LogP contribution in [0.2, 0.25) is 0 Å². The SMILES string of the molecule is C[C@@H](OC1CN2C(=O)CC(C)(C(=O)O)CC2[C@@H]1c1ccc(F)cc1)c1cc(C(F)(F)F)cc(C(F)(F)F)c1. The van der Waals surface area contributed by atoms with E-state index in [1.54, 1.807) is 0 Å². The number of fused-ring (bicyclic) bond motifs is 1. The van der Waals surface area contributed by atoms with E-state index in [9.17, 15) is 45.4 Å². The summed E-state index contributed by atoms with van der Waals surface area (Å²) in [7, 11) is 0. The first-order chi connectivity index (χ1) is 17.5. The second-order valence-electron chi connectivity index (χ2n) is 10.1. The minimum atomic E-state index is -5.03. The number of carboxylic acids is 1. The number of hydrogen-bond donors (Lipinski definition) is 1. The number of carboxylic acid groups (broad SMARTS) is 1. The molecule has 2 aromatic carbocycles. The first-order valence-electron chi connectivity index (χ1n) is 11.7. The monoisotopic (exact) mass is 547 g/mol. The Balaban J connectivity index is 1.72. The fourth-order valence-corrected chi connectivity index (χ4v) is 5.34. The van der Waals surface area contributed by atoms with Crippen molar-refractivity contribution in [2.24, 2.45) is 5.41 Å². The van der Waals surface area contributed by atoms with Gasteiger partial charge in [0.1, 0.15) is 5.82 Å². The molecule has 2 fully saturated rings. The zero-order valence-electron chi connectivity index (χ0n) is 20.2. The van der Waals surface area contributed by atoms with Crippen LogP contribution in [0.4, 0.5) is 30.7 Å². The van der Waals surface area contributed by atoms with E-state index >= 15 is 0 Å². The molecule has 0 aromatic heterocycles. The standard InChI is InChI=1S/C26H24F7NO4/c1-13(15-7-16(25(28,29)30)9-17(8-15)26(31,32)33)38-20-12-34-19(10-24(2,23(36)37)11-21(34)35)22(20)14-3-5-18(27)6-4-14/h3-9,13,19-20,22H,10-12H2,1-2H3,(H,36,37)/t13-,19?,20?,22+,24?/m1/s1. The van der Waals surface area contributed by atoms with Gasteiger partial charge in [-0.05, 0) is 61.7 Å². The van der Waals surface area contributed by atoms with Gasteiger partial charge in [0.05, 0.1) is 28.7 Å². The highest BCUT2D eigenvalue weighted by Gasteiger charge is 2.54. The molecule has 0 aliphatic carbocycles. The van der Waals surface area contributed by atoms with E-state index < -0.39 is 70.8 Å². The second kappa shape index (κ2) is 9.55. The molecule has 0 radical (unpaired) electrons. The van der Waals surface area contributed by atoms with Gasteiger partial charge in [0, 0.05) is 24.9 Å². The number of aliphatic carboxylic acids is 1. The topological polar surface area (TPSA) is 66.8 Å². The van der Waals surface area contributed by atoms with Crippen LogP contribution in [-0.4, -0.2) is 40.6 Å². The summed E-state index contributed by atoms with van der Waals surface area (Å²) in [4.78, 5) is 26.3. The lowest BCUT2D eigenvalue weighted by Gasteiger charge is -2.40. The number of halogens is 7. The lowest BCUT2D eigenvalue weighted by molar-refractivity contribution is -0.159. The van der Waals surface area contributed by atoms with Crippen LogP contribution in [0, 0.1) is 11.2 Å². The summed E-state index contributed by atoms with van der Waals surface area (Å²) in [5.74, 6) is -2.89. The van der Waals surface area contributed by atoms with E-state index in [-0.39, 0.29) is 31.0 Å². The zero-order valence-corrected chi connectivity index (χ0v) is 20.2. The Labute approximate surface area is 213 Å². The van der Waals surface area contributed by atoms with E-state index in [1.807, 2.05) is 0 Å². The molecule has 5 atom stereocenters. The Kier molecular flexibility index (Phi) is 7.00. The van der Waals surface area contributed by atoms with Crippen LogP contribution in [0.3, 0.4) is 0 Å². The molecule has 2 aromatic rings. The van der Waals surface area contributed by atoms with Gasteiger partial charge >= 0.3 is 18.3 Å². The molecule has 2 saturated heterocycles. The Morgan fingerprint density at radius 1 is 1.05 bits per heavy atom.